The van der Waals surface area contributed by atoms with Crippen molar-refractivity contribution in [3.05, 3.63) is 22.7 Å². The van der Waals surface area contributed by atoms with Crippen molar-refractivity contribution in [3.63, 3.8) is 0 Å². The lowest BCUT2D eigenvalue weighted by Gasteiger charge is -2.19. The van der Waals surface area contributed by atoms with Gasteiger partial charge in [-0.1, -0.05) is 11.6 Å². The number of hydrogen-bond donors (Lipinski definition) is 0. The second kappa shape index (κ2) is 4.72. The molecule has 0 bridgehead atoms. The number of carbonyl (C=O) groups is 1. The number of carbonyl (C=O) groups excluding carboxylic acids is 1. The van der Waals surface area contributed by atoms with Gasteiger partial charge in [0, 0.05) is 18.7 Å². The molecule has 0 fully saturated rings. The quantitative estimate of drug-likeness (QED) is 0.760. The lowest BCUT2D eigenvalue weighted by atomic mass is 10.1. The standard InChI is InChI=1S/C11H11ClO4/c1-14-6-9(13)7-4-10-11(5-8(7)12)16-3-2-15-10/h4-5H,2-3,6H2,1H3. The van der Waals surface area contributed by atoms with Crippen molar-refractivity contribution in [1.29, 1.82) is 0 Å². The largest absolute Gasteiger partial charge is 0.486 e. The maximum Gasteiger partial charge on any atom is 0.190 e. The van der Waals surface area contributed by atoms with Crippen molar-refractivity contribution in [2.24, 2.45) is 0 Å². The molecule has 0 radical (unpaired) electrons. The van der Waals surface area contributed by atoms with Crippen molar-refractivity contribution in [2.75, 3.05) is 26.9 Å². The molecule has 2 rings (SSSR count). The number of ether oxygens (including phenoxy) is 3. The molecule has 0 aromatic heterocycles. The van der Waals surface area contributed by atoms with Crippen LogP contribution in [0.3, 0.4) is 0 Å². The number of rotatable bonds is 3. The molecule has 0 saturated heterocycles. The molecule has 1 aromatic carbocycles. The summed E-state index contributed by atoms with van der Waals surface area (Å²) < 4.78 is 15.5. The molecule has 1 aliphatic heterocycles. The Bertz CT molecular complexity index is 417. The van der Waals surface area contributed by atoms with Crippen LogP contribution >= 0.6 is 11.6 Å². The number of Topliss-reactive ketones (excluding diaryl/α,β-unsaturated/α-hetero) is 1. The molecule has 1 heterocycles. The van der Waals surface area contributed by atoms with E-state index in [0.717, 1.165) is 0 Å². The number of ketones is 1. The zero-order valence-corrected chi connectivity index (χ0v) is 9.54. The second-order valence-electron chi connectivity index (χ2n) is 3.33. The normalized spacial score (nSPS) is 13.6. The van der Waals surface area contributed by atoms with Crippen LogP contribution in [0.4, 0.5) is 0 Å². The van der Waals surface area contributed by atoms with Crippen LogP contribution < -0.4 is 9.47 Å². The predicted molar refractivity (Wildman–Crippen MR) is 58.6 cm³/mol. The van der Waals surface area contributed by atoms with E-state index >= 15 is 0 Å². The fraction of sp³-hybridized carbons (Fsp3) is 0.364. The van der Waals surface area contributed by atoms with Gasteiger partial charge in [-0.05, 0) is 6.07 Å². The van der Waals surface area contributed by atoms with Crippen molar-refractivity contribution < 1.29 is 19.0 Å². The van der Waals surface area contributed by atoms with Crippen LogP contribution in [0.25, 0.3) is 0 Å². The predicted octanol–water partition coefficient (Wildman–Crippen LogP) is 1.94. The molecule has 0 amide bonds. The van der Waals surface area contributed by atoms with E-state index in [1.807, 2.05) is 0 Å². The maximum absolute atomic E-state index is 11.6. The van der Waals surface area contributed by atoms with E-state index in [4.69, 9.17) is 25.8 Å². The third kappa shape index (κ3) is 2.13. The van der Waals surface area contributed by atoms with Gasteiger partial charge >= 0.3 is 0 Å². The monoisotopic (exact) mass is 242 g/mol. The number of hydrogen-bond acceptors (Lipinski definition) is 4. The van der Waals surface area contributed by atoms with Gasteiger partial charge < -0.3 is 14.2 Å². The van der Waals surface area contributed by atoms with Crippen LogP contribution in [0, 0.1) is 0 Å². The van der Waals surface area contributed by atoms with Gasteiger partial charge in [-0.2, -0.15) is 0 Å². The minimum absolute atomic E-state index is 0.000631. The summed E-state index contributed by atoms with van der Waals surface area (Å²) in [5.41, 5.74) is 0.396. The summed E-state index contributed by atoms with van der Waals surface area (Å²) in [4.78, 5) is 11.6. The zero-order valence-electron chi connectivity index (χ0n) is 8.79. The van der Waals surface area contributed by atoms with Crippen LogP contribution in [-0.2, 0) is 4.74 Å². The highest BCUT2D eigenvalue weighted by atomic mass is 35.5. The van der Waals surface area contributed by atoms with E-state index in [1.54, 1.807) is 12.1 Å². The van der Waals surface area contributed by atoms with Gasteiger partial charge in [0.25, 0.3) is 0 Å². The molecule has 0 saturated carbocycles. The van der Waals surface area contributed by atoms with Gasteiger partial charge in [0.1, 0.15) is 19.8 Å². The third-order valence-corrected chi connectivity index (χ3v) is 2.52. The molecular formula is C11H11ClO4. The highest BCUT2D eigenvalue weighted by molar-refractivity contribution is 6.34. The number of fused-ring (bicyclic) bond motifs is 1. The first-order valence-electron chi connectivity index (χ1n) is 4.83. The molecule has 1 aromatic rings. The first kappa shape index (κ1) is 11.2. The third-order valence-electron chi connectivity index (χ3n) is 2.21. The molecule has 0 aliphatic carbocycles. The Labute approximate surface area is 98.1 Å². The summed E-state index contributed by atoms with van der Waals surface area (Å²) >= 11 is 5.98. The van der Waals surface area contributed by atoms with Crippen LogP contribution in [0.1, 0.15) is 10.4 Å². The van der Waals surface area contributed by atoms with Gasteiger partial charge in [-0.3, -0.25) is 4.79 Å². The smallest absolute Gasteiger partial charge is 0.190 e. The highest BCUT2D eigenvalue weighted by Gasteiger charge is 2.18. The van der Waals surface area contributed by atoms with Gasteiger partial charge in [-0.15, -0.1) is 0 Å². The van der Waals surface area contributed by atoms with E-state index in [2.05, 4.69) is 0 Å². The Morgan fingerprint density at radius 1 is 1.38 bits per heavy atom. The molecule has 5 heteroatoms. The molecule has 0 atom stereocenters. The first-order chi connectivity index (χ1) is 7.72. The number of halogens is 1. The molecule has 0 N–H and O–H groups in total. The maximum atomic E-state index is 11.6. The molecule has 1 aliphatic rings. The fourth-order valence-electron chi connectivity index (χ4n) is 1.49. The topological polar surface area (TPSA) is 44.8 Å². The lowest BCUT2D eigenvalue weighted by molar-refractivity contribution is 0.0847. The fourth-order valence-corrected chi connectivity index (χ4v) is 1.75. The summed E-state index contributed by atoms with van der Waals surface area (Å²) in [7, 11) is 1.46. The second-order valence-corrected chi connectivity index (χ2v) is 3.74. The summed E-state index contributed by atoms with van der Waals surface area (Å²) in [5, 5.41) is 0.353. The average Bonchev–Trinajstić information content (AvgIpc) is 2.28. The zero-order chi connectivity index (χ0) is 11.5. The van der Waals surface area contributed by atoms with E-state index in [9.17, 15) is 4.79 Å². The van der Waals surface area contributed by atoms with Crippen LogP contribution in [0.2, 0.25) is 5.02 Å². The van der Waals surface area contributed by atoms with Crippen LogP contribution in [0.5, 0.6) is 11.5 Å². The Hall–Kier alpha value is -1.26. The van der Waals surface area contributed by atoms with E-state index in [-0.39, 0.29) is 12.4 Å². The number of benzene rings is 1. The van der Waals surface area contributed by atoms with Crippen molar-refractivity contribution >= 4 is 17.4 Å². The van der Waals surface area contributed by atoms with Gasteiger partial charge in [0.2, 0.25) is 0 Å². The molecule has 4 nitrogen and oxygen atoms in total. The van der Waals surface area contributed by atoms with Gasteiger partial charge in [0.05, 0.1) is 5.02 Å². The Morgan fingerprint density at radius 3 is 2.62 bits per heavy atom. The summed E-state index contributed by atoms with van der Waals surface area (Å²) in [5.74, 6) is 0.949. The molecule has 16 heavy (non-hydrogen) atoms. The van der Waals surface area contributed by atoms with Crippen LogP contribution in [-0.4, -0.2) is 32.7 Å². The Morgan fingerprint density at radius 2 is 2.00 bits per heavy atom. The lowest BCUT2D eigenvalue weighted by Crippen LogP contribution is -2.16. The van der Waals surface area contributed by atoms with E-state index in [1.165, 1.54) is 7.11 Å². The highest BCUT2D eigenvalue weighted by Crippen LogP contribution is 2.35. The molecule has 0 spiro atoms. The summed E-state index contributed by atoms with van der Waals surface area (Å²) in [6.07, 6.45) is 0. The van der Waals surface area contributed by atoms with Gasteiger partial charge in [0.15, 0.2) is 17.3 Å². The minimum atomic E-state index is -0.176. The Kier molecular flexibility index (Phi) is 3.31. The number of methoxy groups -OCH3 is 1. The molecule has 86 valence electrons. The van der Waals surface area contributed by atoms with E-state index < -0.39 is 0 Å². The average molecular weight is 243 g/mol. The van der Waals surface area contributed by atoms with E-state index in [0.29, 0.717) is 35.3 Å². The SMILES string of the molecule is COCC(=O)c1cc2c(cc1Cl)OCCO2. The van der Waals surface area contributed by atoms with Gasteiger partial charge in [-0.25, -0.2) is 0 Å². The summed E-state index contributed by atoms with van der Waals surface area (Å²) in [6, 6.07) is 3.19. The minimum Gasteiger partial charge on any atom is -0.486 e. The molecule has 0 unspecified atom stereocenters. The molecular weight excluding hydrogens is 232 g/mol. The Balaban J connectivity index is 2.35. The summed E-state index contributed by atoms with van der Waals surface area (Å²) in [6.45, 7) is 0.973. The van der Waals surface area contributed by atoms with Crippen molar-refractivity contribution in [2.45, 2.75) is 0 Å². The van der Waals surface area contributed by atoms with Crippen molar-refractivity contribution in [3.8, 4) is 11.5 Å². The first-order valence-corrected chi connectivity index (χ1v) is 5.21. The van der Waals surface area contributed by atoms with Crippen molar-refractivity contribution in [1.82, 2.24) is 0 Å². The van der Waals surface area contributed by atoms with Crippen LogP contribution in [0.15, 0.2) is 12.1 Å².